The van der Waals surface area contributed by atoms with Gasteiger partial charge in [0.15, 0.2) is 0 Å². The van der Waals surface area contributed by atoms with Crippen LogP contribution < -0.4 is 0 Å². The molecule has 0 amide bonds. The first kappa shape index (κ1) is 12.8. The molecule has 0 N–H and O–H groups in total. The van der Waals surface area contributed by atoms with Gasteiger partial charge in [-0.05, 0) is 53.0 Å². The molecule has 2 aromatic rings. The second-order valence-electron chi connectivity index (χ2n) is 4.02. The van der Waals surface area contributed by atoms with Gasteiger partial charge >= 0.3 is 0 Å². The maximum Gasteiger partial charge on any atom is 0.100 e. The van der Waals surface area contributed by atoms with Gasteiger partial charge in [-0.15, -0.1) is 0 Å². The predicted molar refractivity (Wildman–Crippen MR) is 74.7 cm³/mol. The average molecular weight is 304 g/mol. The average Bonchev–Trinajstić information content (AvgIpc) is 2.82. The number of rotatable bonds is 3. The van der Waals surface area contributed by atoms with Crippen LogP contribution in [0.3, 0.4) is 0 Å². The second-order valence-corrected chi connectivity index (χ2v) is 4.88. The van der Waals surface area contributed by atoms with Crippen molar-refractivity contribution in [3.63, 3.8) is 0 Å². The molecule has 92 valence electrons. The first-order valence-electron chi connectivity index (χ1n) is 5.97. The molecule has 0 spiro atoms. The van der Waals surface area contributed by atoms with Gasteiger partial charge in [-0.25, -0.2) is 4.68 Å². The fourth-order valence-corrected chi connectivity index (χ4v) is 2.30. The van der Waals surface area contributed by atoms with Crippen molar-refractivity contribution in [1.82, 2.24) is 9.78 Å². The van der Waals surface area contributed by atoms with Crippen molar-refractivity contribution in [1.29, 1.82) is 5.26 Å². The van der Waals surface area contributed by atoms with Gasteiger partial charge in [-0.3, -0.25) is 0 Å². The van der Waals surface area contributed by atoms with E-state index in [1.54, 1.807) is 0 Å². The maximum absolute atomic E-state index is 8.92. The summed E-state index contributed by atoms with van der Waals surface area (Å²) in [6.07, 6.45) is 1.86. The van der Waals surface area contributed by atoms with Crippen LogP contribution in [0.2, 0.25) is 0 Å². The molecule has 4 heteroatoms. The zero-order chi connectivity index (χ0) is 13.1. The summed E-state index contributed by atoms with van der Waals surface area (Å²) in [6.45, 7) is 4.21. The van der Waals surface area contributed by atoms with Crippen molar-refractivity contribution >= 4 is 15.9 Å². The number of hydrogen-bond acceptors (Lipinski definition) is 2. The van der Waals surface area contributed by atoms with Crippen molar-refractivity contribution in [3.8, 4) is 11.8 Å². The normalized spacial score (nSPS) is 10.3. The summed E-state index contributed by atoms with van der Waals surface area (Å²) < 4.78 is 2.75. The molecule has 2 rings (SSSR count). The third kappa shape index (κ3) is 2.32. The molecule has 0 unspecified atom stereocenters. The number of aromatic nitrogens is 2. The van der Waals surface area contributed by atoms with Gasteiger partial charge in [-0.2, -0.15) is 10.4 Å². The Labute approximate surface area is 115 Å². The summed E-state index contributed by atoms with van der Waals surface area (Å²) in [5, 5.41) is 13.5. The molecule has 0 aliphatic carbocycles. The maximum atomic E-state index is 8.92. The molecule has 0 radical (unpaired) electrons. The molecule has 1 aromatic carbocycles. The Bertz CT molecular complexity index is 608. The van der Waals surface area contributed by atoms with Crippen LogP contribution >= 0.6 is 15.9 Å². The Morgan fingerprint density at radius 3 is 2.61 bits per heavy atom. The molecular weight excluding hydrogens is 290 g/mol. The third-order valence-corrected chi connectivity index (χ3v) is 3.53. The lowest BCUT2D eigenvalue weighted by Gasteiger charge is -2.06. The van der Waals surface area contributed by atoms with E-state index in [-0.39, 0.29) is 0 Å². The Morgan fingerprint density at radius 2 is 2.06 bits per heavy atom. The van der Waals surface area contributed by atoms with E-state index in [2.05, 4.69) is 47.0 Å². The lowest BCUT2D eigenvalue weighted by Crippen LogP contribution is -2.01. The van der Waals surface area contributed by atoms with Gasteiger partial charge < -0.3 is 0 Å². The largest absolute Gasteiger partial charge is 0.238 e. The molecule has 0 aliphatic heterocycles. The van der Waals surface area contributed by atoms with Crippen molar-refractivity contribution in [3.05, 3.63) is 45.7 Å². The Balaban J connectivity index is 2.51. The summed E-state index contributed by atoms with van der Waals surface area (Å²) in [7, 11) is 0. The van der Waals surface area contributed by atoms with E-state index >= 15 is 0 Å². The molecule has 0 bridgehead atoms. The lowest BCUT2D eigenvalue weighted by molar-refractivity contribution is 0.793. The number of nitrogens with zero attached hydrogens (tertiary/aromatic N) is 3. The first-order valence-corrected chi connectivity index (χ1v) is 6.76. The minimum Gasteiger partial charge on any atom is -0.238 e. The fraction of sp³-hybridized carbons (Fsp3) is 0.286. The highest BCUT2D eigenvalue weighted by Crippen LogP contribution is 2.21. The van der Waals surface area contributed by atoms with Crippen molar-refractivity contribution < 1.29 is 0 Å². The third-order valence-electron chi connectivity index (χ3n) is 2.88. The van der Waals surface area contributed by atoms with Crippen molar-refractivity contribution in [2.75, 3.05) is 0 Å². The molecule has 0 saturated heterocycles. The lowest BCUT2D eigenvalue weighted by atomic mass is 10.2. The van der Waals surface area contributed by atoms with E-state index < -0.39 is 0 Å². The predicted octanol–water partition coefficient (Wildman–Crippen LogP) is 3.63. The van der Waals surface area contributed by atoms with Gasteiger partial charge in [0.2, 0.25) is 0 Å². The molecule has 3 nitrogen and oxygen atoms in total. The Hall–Kier alpha value is -1.60. The minimum absolute atomic E-state index is 0.639. The van der Waals surface area contributed by atoms with Crippen molar-refractivity contribution in [2.45, 2.75) is 26.7 Å². The molecule has 0 fully saturated rings. The van der Waals surface area contributed by atoms with Crippen LogP contribution in [0.5, 0.6) is 0 Å². The van der Waals surface area contributed by atoms with E-state index in [9.17, 15) is 0 Å². The molecule has 1 heterocycles. The molecule has 18 heavy (non-hydrogen) atoms. The quantitative estimate of drug-likeness (QED) is 0.869. The van der Waals surface area contributed by atoms with E-state index in [1.807, 2.05) is 22.9 Å². The van der Waals surface area contributed by atoms with Crippen LogP contribution in [0.15, 0.2) is 28.7 Å². The summed E-state index contributed by atoms with van der Waals surface area (Å²) in [5.74, 6) is 0. The SMILES string of the molecule is CCc1cc(CC)n(-c2ccc(C#N)c(Br)c2)n1. The summed E-state index contributed by atoms with van der Waals surface area (Å²) in [4.78, 5) is 0. The van der Waals surface area contributed by atoms with Crippen LogP contribution in [0.4, 0.5) is 0 Å². The van der Waals surface area contributed by atoms with E-state index in [4.69, 9.17) is 5.26 Å². The zero-order valence-electron chi connectivity index (χ0n) is 10.4. The highest BCUT2D eigenvalue weighted by Gasteiger charge is 2.09. The van der Waals surface area contributed by atoms with Gasteiger partial charge in [0.25, 0.3) is 0 Å². The van der Waals surface area contributed by atoms with Crippen LogP contribution in [0.25, 0.3) is 5.69 Å². The van der Waals surface area contributed by atoms with Crippen LogP contribution in [0, 0.1) is 11.3 Å². The van der Waals surface area contributed by atoms with Gasteiger partial charge in [0, 0.05) is 10.2 Å². The van der Waals surface area contributed by atoms with Gasteiger partial charge in [-0.1, -0.05) is 13.8 Å². The smallest absolute Gasteiger partial charge is 0.100 e. The van der Waals surface area contributed by atoms with Gasteiger partial charge in [0.1, 0.15) is 6.07 Å². The number of hydrogen-bond donors (Lipinski definition) is 0. The fourth-order valence-electron chi connectivity index (χ4n) is 1.85. The number of benzene rings is 1. The van der Waals surface area contributed by atoms with E-state index in [0.717, 1.165) is 28.7 Å². The highest BCUT2D eigenvalue weighted by atomic mass is 79.9. The van der Waals surface area contributed by atoms with E-state index in [1.165, 1.54) is 5.69 Å². The number of nitriles is 1. The molecule has 0 saturated carbocycles. The first-order chi connectivity index (χ1) is 8.69. The van der Waals surface area contributed by atoms with Crippen LogP contribution in [0.1, 0.15) is 30.8 Å². The summed E-state index contributed by atoms with van der Waals surface area (Å²) in [5.41, 5.74) is 3.90. The summed E-state index contributed by atoms with van der Waals surface area (Å²) in [6, 6.07) is 9.95. The Kier molecular flexibility index (Phi) is 3.83. The monoisotopic (exact) mass is 303 g/mol. The Morgan fingerprint density at radius 1 is 1.28 bits per heavy atom. The topological polar surface area (TPSA) is 41.6 Å². The standard InChI is InChI=1S/C14H14BrN3/c1-3-11-7-12(4-2)18(17-11)13-6-5-10(9-16)14(15)8-13/h5-8H,3-4H2,1-2H3. The molecular formula is C14H14BrN3. The highest BCUT2D eigenvalue weighted by molar-refractivity contribution is 9.10. The second kappa shape index (κ2) is 5.36. The number of halogens is 1. The van der Waals surface area contributed by atoms with Gasteiger partial charge in [0.05, 0.1) is 16.9 Å². The van der Waals surface area contributed by atoms with E-state index in [0.29, 0.717) is 5.56 Å². The minimum atomic E-state index is 0.639. The zero-order valence-corrected chi connectivity index (χ0v) is 12.0. The van der Waals surface area contributed by atoms with Crippen LogP contribution in [-0.2, 0) is 12.8 Å². The number of aryl methyl sites for hydroxylation is 2. The van der Waals surface area contributed by atoms with Crippen molar-refractivity contribution in [2.24, 2.45) is 0 Å². The van der Waals surface area contributed by atoms with Crippen LogP contribution in [-0.4, -0.2) is 9.78 Å². The summed E-state index contributed by atoms with van der Waals surface area (Å²) >= 11 is 3.41. The molecule has 1 aromatic heterocycles. The molecule has 0 atom stereocenters. The molecule has 0 aliphatic rings.